The molecule has 114 valence electrons. The summed E-state index contributed by atoms with van der Waals surface area (Å²) in [5.41, 5.74) is 0.713. The van der Waals surface area contributed by atoms with Crippen LogP contribution in [0, 0.1) is 0 Å². The summed E-state index contributed by atoms with van der Waals surface area (Å²) in [5, 5.41) is 0.196. The number of alkyl halides is 1. The fourth-order valence-corrected chi connectivity index (χ4v) is 4.32. The molecule has 1 unspecified atom stereocenters. The Bertz CT molecular complexity index is 549. The molecule has 7 heteroatoms. The molecule has 20 heavy (non-hydrogen) atoms. The zero-order valence-electron chi connectivity index (χ0n) is 11.8. The lowest BCUT2D eigenvalue weighted by molar-refractivity contribution is 0.142. The van der Waals surface area contributed by atoms with Crippen LogP contribution in [0.5, 0.6) is 0 Å². The van der Waals surface area contributed by atoms with Crippen molar-refractivity contribution in [3.63, 3.8) is 0 Å². The summed E-state index contributed by atoms with van der Waals surface area (Å²) in [7, 11) is -2.13. The van der Waals surface area contributed by atoms with Crippen LogP contribution in [0.1, 0.15) is 19.4 Å². The molecule has 1 rings (SSSR count). The lowest BCUT2D eigenvalue weighted by Crippen LogP contribution is -2.41. The Morgan fingerprint density at radius 1 is 1.40 bits per heavy atom. The van der Waals surface area contributed by atoms with E-state index in [-0.39, 0.29) is 21.8 Å². The number of nitrogens with zero attached hydrogens (tertiary/aromatic N) is 1. The Hall–Kier alpha value is -0.330. The summed E-state index contributed by atoms with van der Waals surface area (Å²) in [4.78, 5) is 0.0853. The number of sulfonamides is 1. The van der Waals surface area contributed by atoms with Gasteiger partial charge in [0, 0.05) is 25.6 Å². The van der Waals surface area contributed by atoms with E-state index >= 15 is 0 Å². The molecule has 0 aromatic heterocycles. The molecule has 0 radical (unpaired) electrons. The van der Waals surface area contributed by atoms with E-state index in [9.17, 15) is 8.42 Å². The van der Waals surface area contributed by atoms with Crippen molar-refractivity contribution in [2.75, 3.05) is 20.3 Å². The molecule has 4 nitrogen and oxygen atoms in total. The predicted molar refractivity (Wildman–Crippen MR) is 81.9 cm³/mol. The molecule has 0 amide bonds. The van der Waals surface area contributed by atoms with Crippen LogP contribution in [-0.4, -0.2) is 39.0 Å². The van der Waals surface area contributed by atoms with Crippen molar-refractivity contribution < 1.29 is 13.2 Å². The molecule has 0 bridgehead atoms. The van der Waals surface area contributed by atoms with Gasteiger partial charge in [-0.25, -0.2) is 8.42 Å². The molecule has 0 N–H and O–H groups in total. The Morgan fingerprint density at radius 3 is 2.55 bits per heavy atom. The Balaban J connectivity index is 3.26. The maximum Gasteiger partial charge on any atom is 0.244 e. The molecule has 0 aliphatic heterocycles. The highest BCUT2D eigenvalue weighted by atomic mass is 35.5. The first-order valence-corrected chi connectivity index (χ1v) is 8.58. The van der Waals surface area contributed by atoms with Crippen LogP contribution in [0.25, 0.3) is 0 Å². The molecule has 1 aromatic rings. The molecular weight excluding hydrogens is 321 g/mol. The number of hydrogen-bond acceptors (Lipinski definition) is 3. The first-order chi connectivity index (χ1) is 9.38. The Morgan fingerprint density at radius 2 is 2.05 bits per heavy atom. The largest absolute Gasteiger partial charge is 0.383 e. The lowest BCUT2D eigenvalue weighted by Gasteiger charge is -2.27. The molecule has 0 aliphatic rings. The van der Waals surface area contributed by atoms with Crippen molar-refractivity contribution in [3.8, 4) is 0 Å². The van der Waals surface area contributed by atoms with E-state index in [1.54, 1.807) is 26.0 Å². The van der Waals surface area contributed by atoms with Crippen molar-refractivity contribution in [2.45, 2.75) is 30.7 Å². The van der Waals surface area contributed by atoms with Crippen LogP contribution in [0.15, 0.2) is 23.1 Å². The third-order valence-corrected chi connectivity index (χ3v) is 5.83. The van der Waals surface area contributed by atoms with E-state index in [1.165, 1.54) is 17.5 Å². The first-order valence-electron chi connectivity index (χ1n) is 6.23. The highest BCUT2D eigenvalue weighted by Gasteiger charge is 2.29. The predicted octanol–water partition coefficient (Wildman–Crippen LogP) is 3.12. The molecule has 0 spiro atoms. The summed E-state index contributed by atoms with van der Waals surface area (Å²) in [6.07, 6.45) is 0. The molecule has 0 saturated heterocycles. The second-order valence-electron chi connectivity index (χ2n) is 4.41. The minimum atomic E-state index is -3.67. The summed E-state index contributed by atoms with van der Waals surface area (Å²) in [6.45, 7) is 4.24. The van der Waals surface area contributed by atoms with Gasteiger partial charge in [0.05, 0.1) is 11.6 Å². The van der Waals surface area contributed by atoms with Gasteiger partial charge in [0.1, 0.15) is 4.90 Å². The van der Waals surface area contributed by atoms with Crippen LogP contribution in [0.4, 0.5) is 0 Å². The maximum absolute atomic E-state index is 12.7. The van der Waals surface area contributed by atoms with Gasteiger partial charge in [-0.1, -0.05) is 24.6 Å². The smallest absolute Gasteiger partial charge is 0.244 e. The third-order valence-electron chi connectivity index (χ3n) is 2.95. The van der Waals surface area contributed by atoms with Gasteiger partial charge in [-0.2, -0.15) is 4.31 Å². The van der Waals surface area contributed by atoms with Crippen LogP contribution >= 0.6 is 23.2 Å². The number of ether oxygens (including phenoxy) is 1. The molecule has 1 aromatic carbocycles. The summed E-state index contributed by atoms with van der Waals surface area (Å²) in [6, 6.07) is 4.52. The normalized spacial score (nSPS) is 13.7. The van der Waals surface area contributed by atoms with Crippen LogP contribution in [0.2, 0.25) is 5.02 Å². The van der Waals surface area contributed by atoms with Gasteiger partial charge in [-0.15, -0.1) is 11.6 Å². The molecule has 0 heterocycles. The zero-order chi connectivity index (χ0) is 15.3. The van der Waals surface area contributed by atoms with Crippen molar-refractivity contribution in [1.29, 1.82) is 0 Å². The Labute approximate surface area is 130 Å². The number of methoxy groups -OCH3 is 1. The summed E-state index contributed by atoms with van der Waals surface area (Å²) in [5.74, 6) is 0.236. The standard InChI is InChI=1S/C13H19Cl2NO3S/c1-4-16(10(2)9-19-3)20(17,18)13-7-11(8-14)5-6-12(13)15/h5-7,10H,4,8-9H2,1-3H3. The fraction of sp³-hybridized carbons (Fsp3) is 0.538. The lowest BCUT2D eigenvalue weighted by atomic mass is 10.2. The second-order valence-corrected chi connectivity index (χ2v) is 6.94. The highest BCUT2D eigenvalue weighted by molar-refractivity contribution is 7.89. The molecule has 0 aliphatic carbocycles. The van der Waals surface area contributed by atoms with Crippen molar-refractivity contribution in [2.24, 2.45) is 0 Å². The number of hydrogen-bond donors (Lipinski definition) is 0. The van der Waals surface area contributed by atoms with Gasteiger partial charge < -0.3 is 4.74 Å². The topological polar surface area (TPSA) is 46.6 Å². The first kappa shape index (κ1) is 17.7. The Kier molecular flexibility index (Phi) is 6.75. The van der Waals surface area contributed by atoms with E-state index in [4.69, 9.17) is 27.9 Å². The molecule has 0 saturated carbocycles. The van der Waals surface area contributed by atoms with E-state index in [0.717, 1.165) is 0 Å². The van der Waals surface area contributed by atoms with Crippen molar-refractivity contribution in [1.82, 2.24) is 4.31 Å². The minimum Gasteiger partial charge on any atom is -0.383 e. The van der Waals surface area contributed by atoms with Crippen LogP contribution in [-0.2, 0) is 20.6 Å². The van der Waals surface area contributed by atoms with Crippen molar-refractivity contribution in [3.05, 3.63) is 28.8 Å². The second kappa shape index (κ2) is 7.61. The van der Waals surface area contributed by atoms with Gasteiger partial charge in [0.25, 0.3) is 0 Å². The average Bonchev–Trinajstić information content (AvgIpc) is 2.39. The number of likely N-dealkylation sites (N-methyl/N-ethyl adjacent to an activating group) is 1. The van der Waals surface area contributed by atoms with E-state index in [1.807, 2.05) is 0 Å². The molecule has 0 fully saturated rings. The number of benzene rings is 1. The average molecular weight is 340 g/mol. The quantitative estimate of drug-likeness (QED) is 0.717. The fourth-order valence-electron chi connectivity index (χ4n) is 2.00. The summed E-state index contributed by atoms with van der Waals surface area (Å²) < 4.78 is 31.8. The van der Waals surface area contributed by atoms with Gasteiger partial charge >= 0.3 is 0 Å². The monoisotopic (exact) mass is 339 g/mol. The van der Waals surface area contributed by atoms with E-state index < -0.39 is 10.0 Å². The van der Waals surface area contributed by atoms with E-state index in [2.05, 4.69) is 0 Å². The van der Waals surface area contributed by atoms with Gasteiger partial charge in [-0.3, -0.25) is 0 Å². The van der Waals surface area contributed by atoms with Crippen LogP contribution in [0.3, 0.4) is 0 Å². The number of halogens is 2. The van der Waals surface area contributed by atoms with E-state index in [0.29, 0.717) is 18.7 Å². The van der Waals surface area contributed by atoms with Crippen molar-refractivity contribution >= 4 is 33.2 Å². The van der Waals surface area contributed by atoms with Gasteiger partial charge in [0.2, 0.25) is 10.0 Å². The zero-order valence-corrected chi connectivity index (χ0v) is 14.1. The number of rotatable bonds is 7. The third kappa shape index (κ3) is 3.86. The molecular formula is C13H19Cl2NO3S. The summed E-state index contributed by atoms with van der Waals surface area (Å²) >= 11 is 11.8. The maximum atomic E-state index is 12.7. The van der Waals surface area contributed by atoms with Gasteiger partial charge in [0.15, 0.2) is 0 Å². The van der Waals surface area contributed by atoms with Gasteiger partial charge in [-0.05, 0) is 24.6 Å². The van der Waals surface area contributed by atoms with Crippen LogP contribution < -0.4 is 0 Å². The highest BCUT2D eigenvalue weighted by Crippen LogP contribution is 2.27. The molecule has 1 atom stereocenters. The SMILES string of the molecule is CCN(C(C)COC)S(=O)(=O)c1cc(CCl)ccc1Cl. The minimum absolute atomic E-state index is 0.0853.